The van der Waals surface area contributed by atoms with Crippen LogP contribution in [0.5, 0.6) is 0 Å². The molecule has 0 aliphatic carbocycles. The van der Waals surface area contributed by atoms with Crippen LogP contribution in [0.25, 0.3) is 0 Å². The lowest BCUT2D eigenvalue weighted by Gasteiger charge is -2.42. The summed E-state index contributed by atoms with van der Waals surface area (Å²) in [5, 5.41) is 8.13. The average Bonchev–Trinajstić information content (AvgIpc) is 2.98. The zero-order valence-corrected chi connectivity index (χ0v) is 12.8. The van der Waals surface area contributed by atoms with Crippen molar-refractivity contribution in [1.82, 2.24) is 15.2 Å². The Morgan fingerprint density at radius 3 is 2.90 bits per heavy atom. The molecule has 1 fully saturated rings. The summed E-state index contributed by atoms with van der Waals surface area (Å²) in [6.07, 6.45) is 2.65. The lowest BCUT2D eigenvalue weighted by molar-refractivity contribution is -0.0163. The third-order valence-electron chi connectivity index (χ3n) is 3.82. The first-order valence-electron chi connectivity index (χ1n) is 6.91. The number of hydrogen-bond acceptors (Lipinski definition) is 5. The largest absolute Gasteiger partial charge is 0.379 e. The van der Waals surface area contributed by atoms with Gasteiger partial charge in [-0.25, -0.2) is 9.78 Å². The average molecular weight is 298 g/mol. The van der Waals surface area contributed by atoms with Crippen molar-refractivity contribution in [1.29, 1.82) is 0 Å². The molecule has 2 heterocycles. The second kappa shape index (κ2) is 7.01. The Morgan fingerprint density at radius 1 is 1.55 bits per heavy atom. The number of rotatable bonds is 5. The van der Waals surface area contributed by atoms with Crippen molar-refractivity contribution in [2.45, 2.75) is 25.8 Å². The Kier molecular flexibility index (Phi) is 5.33. The molecule has 0 bridgehead atoms. The van der Waals surface area contributed by atoms with E-state index in [2.05, 4.69) is 34.4 Å². The number of amides is 2. The number of carbonyl (C=O) groups excluding carboxylic acids is 1. The molecule has 1 aliphatic heterocycles. The van der Waals surface area contributed by atoms with Crippen LogP contribution in [0.1, 0.15) is 20.3 Å². The van der Waals surface area contributed by atoms with Crippen LogP contribution in [-0.2, 0) is 4.74 Å². The molecule has 1 aromatic rings. The molecule has 0 radical (unpaired) electrons. The van der Waals surface area contributed by atoms with Crippen LogP contribution in [0.3, 0.4) is 0 Å². The van der Waals surface area contributed by atoms with E-state index in [1.54, 1.807) is 6.20 Å². The number of anilines is 1. The van der Waals surface area contributed by atoms with Crippen molar-refractivity contribution < 1.29 is 9.53 Å². The van der Waals surface area contributed by atoms with E-state index < -0.39 is 0 Å². The first kappa shape index (κ1) is 15.2. The molecule has 7 heteroatoms. The van der Waals surface area contributed by atoms with Gasteiger partial charge in [-0.3, -0.25) is 10.2 Å². The molecule has 0 spiro atoms. The highest BCUT2D eigenvalue weighted by Gasteiger charge is 2.31. The highest BCUT2D eigenvalue weighted by atomic mass is 32.1. The molecule has 0 saturated carbocycles. The van der Waals surface area contributed by atoms with Gasteiger partial charge in [0.05, 0.1) is 13.2 Å². The topological polar surface area (TPSA) is 66.5 Å². The minimum absolute atomic E-state index is 0.0377. The smallest absolute Gasteiger partial charge is 0.321 e. The molecular weight excluding hydrogens is 276 g/mol. The van der Waals surface area contributed by atoms with Gasteiger partial charge >= 0.3 is 6.03 Å². The van der Waals surface area contributed by atoms with E-state index in [9.17, 15) is 4.79 Å². The van der Waals surface area contributed by atoms with E-state index in [1.165, 1.54) is 11.3 Å². The number of morpholine rings is 1. The Morgan fingerprint density at radius 2 is 2.30 bits per heavy atom. The normalized spacial score (nSPS) is 19.3. The second-order valence-corrected chi connectivity index (χ2v) is 5.99. The Hall–Kier alpha value is -1.18. The Balaban J connectivity index is 1.84. The molecule has 20 heavy (non-hydrogen) atoms. The highest BCUT2D eigenvalue weighted by molar-refractivity contribution is 7.13. The fourth-order valence-electron chi connectivity index (χ4n) is 2.26. The Bertz CT molecular complexity index is 420. The molecule has 1 aromatic heterocycles. The number of carbonyl (C=O) groups is 1. The number of urea groups is 1. The third-order valence-corrected chi connectivity index (χ3v) is 4.51. The monoisotopic (exact) mass is 298 g/mol. The number of nitrogens with one attached hydrogen (secondary N) is 2. The number of hydrogen-bond donors (Lipinski definition) is 2. The van der Waals surface area contributed by atoms with E-state index in [0.717, 1.165) is 32.7 Å². The summed E-state index contributed by atoms with van der Waals surface area (Å²) in [7, 11) is 0. The van der Waals surface area contributed by atoms with Gasteiger partial charge in [0, 0.05) is 36.8 Å². The van der Waals surface area contributed by atoms with Crippen LogP contribution >= 0.6 is 11.3 Å². The van der Waals surface area contributed by atoms with Gasteiger partial charge in [0.1, 0.15) is 0 Å². The zero-order chi connectivity index (χ0) is 14.4. The minimum Gasteiger partial charge on any atom is -0.379 e. The molecule has 2 amide bonds. The van der Waals surface area contributed by atoms with Crippen molar-refractivity contribution in [3.05, 3.63) is 11.6 Å². The van der Waals surface area contributed by atoms with Gasteiger partial charge in [-0.15, -0.1) is 11.3 Å². The summed E-state index contributed by atoms with van der Waals surface area (Å²) >= 11 is 1.41. The maximum atomic E-state index is 11.9. The molecule has 112 valence electrons. The summed E-state index contributed by atoms with van der Waals surface area (Å²) in [5.41, 5.74) is -0.0377. The van der Waals surface area contributed by atoms with E-state index in [1.807, 2.05) is 5.38 Å². The summed E-state index contributed by atoms with van der Waals surface area (Å²) in [4.78, 5) is 18.3. The van der Waals surface area contributed by atoms with Crippen LogP contribution in [0, 0.1) is 0 Å². The number of thiazole rings is 1. The fourth-order valence-corrected chi connectivity index (χ4v) is 2.78. The fraction of sp³-hybridized carbons (Fsp3) is 0.692. The van der Waals surface area contributed by atoms with Gasteiger partial charge in [-0.05, 0) is 13.3 Å². The van der Waals surface area contributed by atoms with Crippen LogP contribution in [-0.4, -0.2) is 54.3 Å². The third kappa shape index (κ3) is 3.91. The van der Waals surface area contributed by atoms with Gasteiger partial charge in [0.25, 0.3) is 0 Å². The van der Waals surface area contributed by atoms with Crippen LogP contribution in [0.2, 0.25) is 0 Å². The van der Waals surface area contributed by atoms with Crippen LogP contribution in [0.15, 0.2) is 11.6 Å². The maximum Gasteiger partial charge on any atom is 0.321 e. The Labute approximate surface area is 123 Å². The number of ether oxygens (including phenoxy) is 1. The van der Waals surface area contributed by atoms with E-state index in [4.69, 9.17) is 4.74 Å². The van der Waals surface area contributed by atoms with Gasteiger partial charge in [0.2, 0.25) is 0 Å². The molecule has 6 nitrogen and oxygen atoms in total. The first-order chi connectivity index (χ1) is 9.64. The van der Waals surface area contributed by atoms with Gasteiger partial charge < -0.3 is 10.1 Å². The van der Waals surface area contributed by atoms with Crippen molar-refractivity contribution in [3.63, 3.8) is 0 Å². The van der Waals surface area contributed by atoms with Crippen LogP contribution < -0.4 is 10.6 Å². The molecule has 1 saturated heterocycles. The summed E-state index contributed by atoms with van der Waals surface area (Å²) < 4.78 is 5.39. The van der Waals surface area contributed by atoms with E-state index >= 15 is 0 Å². The van der Waals surface area contributed by atoms with Crippen molar-refractivity contribution in [3.8, 4) is 0 Å². The minimum atomic E-state index is -0.201. The molecule has 2 rings (SSSR count). The highest BCUT2D eigenvalue weighted by Crippen LogP contribution is 2.20. The number of aromatic nitrogens is 1. The molecule has 1 unspecified atom stereocenters. The van der Waals surface area contributed by atoms with Crippen molar-refractivity contribution >= 4 is 22.5 Å². The van der Waals surface area contributed by atoms with Crippen molar-refractivity contribution in [2.75, 3.05) is 38.2 Å². The lowest BCUT2D eigenvalue weighted by atomic mass is 9.95. The predicted molar refractivity (Wildman–Crippen MR) is 80.2 cm³/mol. The first-order valence-corrected chi connectivity index (χ1v) is 7.79. The maximum absolute atomic E-state index is 11.9. The predicted octanol–water partition coefficient (Wildman–Crippen LogP) is 1.77. The van der Waals surface area contributed by atoms with E-state index in [-0.39, 0.29) is 11.6 Å². The summed E-state index contributed by atoms with van der Waals surface area (Å²) in [6.45, 7) is 8.31. The van der Waals surface area contributed by atoms with Gasteiger partial charge in [0.15, 0.2) is 5.13 Å². The van der Waals surface area contributed by atoms with Gasteiger partial charge in [-0.2, -0.15) is 0 Å². The molecule has 1 atom stereocenters. The SMILES string of the molecule is CCC(C)(CNC(=O)Nc1nccs1)N1CCOCC1. The van der Waals surface area contributed by atoms with Crippen LogP contribution in [0.4, 0.5) is 9.93 Å². The van der Waals surface area contributed by atoms with E-state index in [0.29, 0.717) is 11.7 Å². The van der Waals surface area contributed by atoms with Gasteiger partial charge in [-0.1, -0.05) is 6.92 Å². The van der Waals surface area contributed by atoms with Crippen molar-refractivity contribution in [2.24, 2.45) is 0 Å². The number of nitrogens with zero attached hydrogens (tertiary/aromatic N) is 2. The summed E-state index contributed by atoms with van der Waals surface area (Å²) in [5.74, 6) is 0. The molecular formula is C13H22N4O2S. The lowest BCUT2D eigenvalue weighted by Crippen LogP contribution is -2.57. The molecule has 1 aliphatic rings. The standard InChI is InChI=1S/C13H22N4O2S/c1-3-13(2,17-5-7-19-8-6-17)10-15-11(18)16-12-14-4-9-20-12/h4,9H,3,5-8,10H2,1-2H3,(H2,14,15,16,18). The second-order valence-electron chi connectivity index (χ2n) is 5.09. The summed E-state index contributed by atoms with van der Waals surface area (Å²) in [6, 6.07) is -0.201. The quantitative estimate of drug-likeness (QED) is 0.869. The molecule has 0 aromatic carbocycles. The zero-order valence-electron chi connectivity index (χ0n) is 12.0. The molecule has 2 N–H and O–H groups in total.